The van der Waals surface area contributed by atoms with Crippen LogP contribution in [-0.4, -0.2) is 71.0 Å². The van der Waals surface area contributed by atoms with Crippen LogP contribution >= 0.6 is 0 Å². The number of ether oxygens (including phenoxy) is 2. The number of halogens is 1. The highest BCUT2D eigenvalue weighted by atomic mass is 19.1. The number of carbonyl (C=O) groups excluding carboxylic acids is 1. The maximum absolute atomic E-state index is 15.1. The van der Waals surface area contributed by atoms with Crippen LogP contribution < -0.4 is 20.7 Å². The van der Waals surface area contributed by atoms with Gasteiger partial charge in [0.2, 0.25) is 5.95 Å². The molecule has 0 spiro atoms. The SMILES string of the molecule is COC/C(N)=C(/C=NCc1cnc(N2CCCC2)nc1)C(=O)NCc1c(-n2ccnn2)ccc(OC)c1F. The molecule has 3 heterocycles. The molecule has 12 nitrogen and oxygen atoms in total. The molecule has 0 atom stereocenters. The van der Waals surface area contributed by atoms with Crippen molar-refractivity contribution in [3.63, 3.8) is 0 Å². The number of carbonyl (C=O) groups is 1. The number of methoxy groups -OCH3 is 2. The second kappa shape index (κ2) is 12.7. The van der Waals surface area contributed by atoms with Crippen LogP contribution in [0.2, 0.25) is 0 Å². The highest BCUT2D eigenvalue weighted by Crippen LogP contribution is 2.26. The minimum Gasteiger partial charge on any atom is -0.494 e. The predicted octanol–water partition coefficient (Wildman–Crippen LogP) is 1.55. The van der Waals surface area contributed by atoms with Gasteiger partial charge < -0.3 is 25.4 Å². The number of aromatic nitrogens is 5. The summed E-state index contributed by atoms with van der Waals surface area (Å²) in [7, 11) is 2.83. The lowest BCUT2D eigenvalue weighted by atomic mass is 10.1. The Hall–Kier alpha value is -4.39. The summed E-state index contributed by atoms with van der Waals surface area (Å²) in [6.07, 6.45) is 10.1. The lowest BCUT2D eigenvalue weighted by Crippen LogP contribution is -2.29. The Balaban J connectivity index is 1.48. The van der Waals surface area contributed by atoms with Crippen LogP contribution in [0.5, 0.6) is 5.75 Å². The zero-order valence-electron chi connectivity index (χ0n) is 21.3. The van der Waals surface area contributed by atoms with Gasteiger partial charge in [-0.1, -0.05) is 5.21 Å². The zero-order chi connectivity index (χ0) is 26.9. The molecule has 1 fully saturated rings. The van der Waals surface area contributed by atoms with Gasteiger partial charge in [0.25, 0.3) is 5.91 Å². The van der Waals surface area contributed by atoms with Crippen molar-refractivity contribution in [2.24, 2.45) is 10.7 Å². The third-order valence-corrected chi connectivity index (χ3v) is 5.96. The van der Waals surface area contributed by atoms with Crippen molar-refractivity contribution in [3.05, 3.63) is 65.1 Å². The minimum atomic E-state index is -0.623. The third kappa shape index (κ3) is 6.29. The van der Waals surface area contributed by atoms with E-state index in [1.165, 1.54) is 37.4 Å². The fraction of sp³-hybridized carbons (Fsp3) is 0.360. The Kier molecular flexibility index (Phi) is 8.93. The fourth-order valence-corrected chi connectivity index (χ4v) is 4.00. The van der Waals surface area contributed by atoms with Gasteiger partial charge in [0, 0.05) is 62.2 Å². The first-order chi connectivity index (χ1) is 18.5. The normalized spacial score (nSPS) is 14.1. The van der Waals surface area contributed by atoms with Crippen LogP contribution in [0.1, 0.15) is 24.0 Å². The van der Waals surface area contributed by atoms with Gasteiger partial charge in [-0.2, -0.15) is 0 Å². The van der Waals surface area contributed by atoms with Crippen molar-refractivity contribution >= 4 is 18.1 Å². The Morgan fingerprint density at radius 3 is 2.66 bits per heavy atom. The van der Waals surface area contributed by atoms with Crippen molar-refractivity contribution in [2.45, 2.75) is 25.9 Å². The summed E-state index contributed by atoms with van der Waals surface area (Å²) in [6, 6.07) is 3.11. The van der Waals surface area contributed by atoms with Gasteiger partial charge in [-0.3, -0.25) is 9.79 Å². The third-order valence-electron chi connectivity index (χ3n) is 5.96. The Bertz CT molecular complexity index is 1290. The van der Waals surface area contributed by atoms with Crippen LogP contribution in [0.4, 0.5) is 10.3 Å². The average molecular weight is 524 g/mol. The van der Waals surface area contributed by atoms with Crippen molar-refractivity contribution in [3.8, 4) is 11.4 Å². The highest BCUT2D eigenvalue weighted by molar-refractivity contribution is 6.12. The molecule has 1 aromatic carbocycles. The summed E-state index contributed by atoms with van der Waals surface area (Å²) in [4.78, 5) is 28.5. The summed E-state index contributed by atoms with van der Waals surface area (Å²) in [5, 5.41) is 10.4. The van der Waals surface area contributed by atoms with E-state index >= 15 is 4.39 Å². The van der Waals surface area contributed by atoms with Crippen LogP contribution in [-0.2, 0) is 22.6 Å². The molecule has 0 bridgehead atoms. The Labute approximate surface area is 219 Å². The minimum absolute atomic E-state index is 0.0140. The van der Waals surface area contributed by atoms with E-state index in [4.69, 9.17) is 15.2 Å². The molecule has 3 aromatic rings. The van der Waals surface area contributed by atoms with E-state index in [-0.39, 0.29) is 42.3 Å². The van der Waals surface area contributed by atoms with E-state index in [0.717, 1.165) is 31.5 Å². The molecule has 0 saturated carbocycles. The van der Waals surface area contributed by atoms with Crippen LogP contribution in [0.3, 0.4) is 0 Å². The van der Waals surface area contributed by atoms with Crippen molar-refractivity contribution < 1.29 is 18.7 Å². The van der Waals surface area contributed by atoms with Crippen LogP contribution in [0.25, 0.3) is 5.69 Å². The number of hydrogen-bond acceptors (Lipinski definition) is 10. The van der Waals surface area contributed by atoms with Crippen LogP contribution in [0.15, 0.2) is 53.2 Å². The van der Waals surface area contributed by atoms with Gasteiger partial charge in [0.05, 0.1) is 43.9 Å². The van der Waals surface area contributed by atoms with E-state index in [1.54, 1.807) is 24.7 Å². The lowest BCUT2D eigenvalue weighted by molar-refractivity contribution is -0.117. The quantitative estimate of drug-likeness (QED) is 0.282. The van der Waals surface area contributed by atoms with E-state index in [2.05, 4.69) is 35.5 Å². The van der Waals surface area contributed by atoms with E-state index in [9.17, 15) is 4.79 Å². The second-order valence-electron chi connectivity index (χ2n) is 8.54. The van der Waals surface area contributed by atoms with Gasteiger partial charge in [0.15, 0.2) is 11.6 Å². The lowest BCUT2D eigenvalue weighted by Gasteiger charge is -2.15. The van der Waals surface area contributed by atoms with E-state index < -0.39 is 11.7 Å². The van der Waals surface area contributed by atoms with Crippen molar-refractivity contribution in [2.75, 3.05) is 38.8 Å². The van der Waals surface area contributed by atoms with Crippen LogP contribution in [0, 0.1) is 5.82 Å². The summed E-state index contributed by atoms with van der Waals surface area (Å²) < 4.78 is 26.7. The smallest absolute Gasteiger partial charge is 0.254 e. The maximum Gasteiger partial charge on any atom is 0.254 e. The summed E-state index contributed by atoms with van der Waals surface area (Å²) >= 11 is 0. The molecule has 200 valence electrons. The number of nitrogens with two attached hydrogens (primary N) is 1. The largest absolute Gasteiger partial charge is 0.494 e. The first kappa shape index (κ1) is 26.7. The van der Waals surface area contributed by atoms with Gasteiger partial charge in [-0.05, 0) is 25.0 Å². The Morgan fingerprint density at radius 1 is 1.24 bits per heavy atom. The molecule has 3 N–H and O–H groups in total. The number of aliphatic imine (C=N–C) groups is 1. The molecule has 4 rings (SSSR count). The summed E-state index contributed by atoms with van der Waals surface area (Å²) in [5.74, 6) is -0.431. The molecule has 0 aliphatic carbocycles. The first-order valence-corrected chi connectivity index (χ1v) is 12.0. The van der Waals surface area contributed by atoms with Gasteiger partial charge in [0.1, 0.15) is 0 Å². The standard InChI is InChI=1S/C25H30FN9O3/c1-37-16-20(27)18(14-28-11-17-12-30-25(31-13-17)34-8-3-4-9-34)24(36)29-15-19-21(35-10-7-32-33-35)5-6-22(38-2)23(19)26/h5-7,10,12-14H,3-4,8-9,11,15-16,27H2,1-2H3,(H,29,36)/b20-18+,28-14?. The molecular weight excluding hydrogens is 493 g/mol. The number of nitrogens with one attached hydrogen (secondary N) is 1. The first-order valence-electron chi connectivity index (χ1n) is 12.0. The molecule has 38 heavy (non-hydrogen) atoms. The topological polar surface area (TPSA) is 146 Å². The fourth-order valence-electron chi connectivity index (χ4n) is 4.00. The molecule has 0 unspecified atom stereocenters. The molecular formula is C25H30FN9O3. The molecule has 1 saturated heterocycles. The number of nitrogens with zero attached hydrogens (tertiary/aromatic N) is 7. The summed E-state index contributed by atoms with van der Waals surface area (Å²) in [5.41, 5.74) is 7.74. The average Bonchev–Trinajstić information content (AvgIpc) is 3.66. The number of rotatable bonds is 11. The monoisotopic (exact) mass is 523 g/mol. The Morgan fingerprint density at radius 2 is 2.00 bits per heavy atom. The van der Waals surface area contributed by atoms with E-state index in [1.807, 2.05) is 0 Å². The van der Waals surface area contributed by atoms with Crippen molar-refractivity contribution in [1.82, 2.24) is 30.3 Å². The number of hydrogen-bond donors (Lipinski definition) is 2. The second-order valence-corrected chi connectivity index (χ2v) is 8.54. The zero-order valence-corrected chi connectivity index (χ0v) is 21.3. The van der Waals surface area contributed by atoms with E-state index in [0.29, 0.717) is 11.6 Å². The highest BCUT2D eigenvalue weighted by Gasteiger charge is 2.19. The number of anilines is 1. The summed E-state index contributed by atoms with van der Waals surface area (Å²) in [6.45, 7) is 2.01. The van der Waals surface area contributed by atoms with Gasteiger partial charge >= 0.3 is 0 Å². The number of benzene rings is 1. The number of amides is 1. The molecule has 1 amide bonds. The predicted molar refractivity (Wildman–Crippen MR) is 138 cm³/mol. The molecule has 1 aliphatic rings. The van der Waals surface area contributed by atoms with Gasteiger partial charge in [-0.15, -0.1) is 5.10 Å². The van der Waals surface area contributed by atoms with Gasteiger partial charge in [-0.25, -0.2) is 19.0 Å². The molecule has 0 radical (unpaired) electrons. The molecule has 2 aromatic heterocycles. The molecule has 1 aliphatic heterocycles. The molecule has 13 heteroatoms. The maximum atomic E-state index is 15.1. The van der Waals surface area contributed by atoms with Crippen molar-refractivity contribution in [1.29, 1.82) is 0 Å².